The van der Waals surface area contributed by atoms with Gasteiger partial charge in [-0.3, -0.25) is 4.79 Å². The highest BCUT2D eigenvalue weighted by molar-refractivity contribution is 5.81. The zero-order valence-corrected chi connectivity index (χ0v) is 9.06. The number of carbonyl (C=O) groups excluding carboxylic acids is 1. The van der Waals surface area contributed by atoms with E-state index in [1.165, 1.54) is 7.11 Å². The van der Waals surface area contributed by atoms with Crippen LogP contribution in [-0.4, -0.2) is 60.0 Å². The van der Waals surface area contributed by atoms with Crippen molar-refractivity contribution in [2.24, 2.45) is 0 Å². The lowest BCUT2D eigenvalue weighted by molar-refractivity contribution is -0.150. The lowest BCUT2D eigenvalue weighted by atomic mass is 10.1. The van der Waals surface area contributed by atoms with E-state index in [1.54, 1.807) is 4.90 Å². The zero-order chi connectivity index (χ0) is 11.3. The van der Waals surface area contributed by atoms with Crippen molar-refractivity contribution in [3.05, 3.63) is 0 Å². The van der Waals surface area contributed by atoms with Gasteiger partial charge in [0.15, 0.2) is 6.10 Å². The third-order valence-corrected chi connectivity index (χ3v) is 2.76. The predicted octanol–water partition coefficient (Wildman–Crippen LogP) is -0.633. The summed E-state index contributed by atoms with van der Waals surface area (Å²) in [6, 6.07) is 0. The van der Waals surface area contributed by atoms with Gasteiger partial charge in [-0.05, 0) is 19.3 Å². The minimum Gasteiger partial charge on any atom is -0.394 e. The Labute approximate surface area is 89.6 Å². The molecule has 1 aliphatic heterocycles. The Kier molecular flexibility index (Phi) is 5.01. The Morgan fingerprint density at radius 1 is 1.40 bits per heavy atom. The molecule has 0 aromatic carbocycles. The normalized spacial score (nSPS) is 21.1. The van der Waals surface area contributed by atoms with Crippen LogP contribution in [0.2, 0.25) is 0 Å². The van der Waals surface area contributed by atoms with Gasteiger partial charge in [-0.25, -0.2) is 0 Å². The van der Waals surface area contributed by atoms with Gasteiger partial charge in [0.25, 0.3) is 5.91 Å². The number of carbonyl (C=O) groups is 1. The standard InChI is InChI=1S/C10H19NO4/c1-15-8(7-12)9(13)10(14)11-5-3-2-4-6-11/h8-9,12-13H,2-7H2,1H3. The number of aliphatic hydroxyl groups is 2. The van der Waals surface area contributed by atoms with E-state index >= 15 is 0 Å². The van der Waals surface area contributed by atoms with E-state index in [-0.39, 0.29) is 12.5 Å². The highest BCUT2D eigenvalue weighted by Crippen LogP contribution is 2.11. The van der Waals surface area contributed by atoms with Crippen LogP contribution < -0.4 is 0 Å². The second kappa shape index (κ2) is 6.05. The first-order chi connectivity index (χ1) is 7.20. The van der Waals surface area contributed by atoms with Crippen LogP contribution in [0.3, 0.4) is 0 Å². The Balaban J connectivity index is 2.49. The Morgan fingerprint density at radius 2 is 2.00 bits per heavy atom. The molecule has 0 spiro atoms. The quantitative estimate of drug-likeness (QED) is 0.657. The largest absolute Gasteiger partial charge is 0.394 e. The number of ether oxygens (including phenoxy) is 1. The smallest absolute Gasteiger partial charge is 0.254 e. The molecule has 15 heavy (non-hydrogen) atoms. The van der Waals surface area contributed by atoms with E-state index in [1.807, 2.05) is 0 Å². The van der Waals surface area contributed by atoms with Crippen molar-refractivity contribution < 1.29 is 19.7 Å². The van der Waals surface area contributed by atoms with Crippen molar-refractivity contribution in [2.75, 3.05) is 26.8 Å². The van der Waals surface area contributed by atoms with Gasteiger partial charge >= 0.3 is 0 Å². The number of nitrogens with zero attached hydrogens (tertiary/aromatic N) is 1. The maximum atomic E-state index is 11.7. The maximum Gasteiger partial charge on any atom is 0.254 e. The number of piperidine rings is 1. The number of likely N-dealkylation sites (tertiary alicyclic amines) is 1. The third kappa shape index (κ3) is 3.15. The molecule has 0 saturated carbocycles. The molecule has 1 aliphatic rings. The van der Waals surface area contributed by atoms with Gasteiger partial charge in [0.05, 0.1) is 6.61 Å². The Morgan fingerprint density at radius 3 is 2.47 bits per heavy atom. The van der Waals surface area contributed by atoms with Crippen molar-refractivity contribution in [2.45, 2.75) is 31.5 Å². The van der Waals surface area contributed by atoms with Gasteiger partial charge in [0.1, 0.15) is 6.10 Å². The molecular formula is C10H19NO4. The van der Waals surface area contributed by atoms with Crippen molar-refractivity contribution >= 4 is 5.91 Å². The lowest BCUT2D eigenvalue weighted by Crippen LogP contribution is -2.48. The van der Waals surface area contributed by atoms with E-state index in [0.29, 0.717) is 13.1 Å². The second-order valence-corrected chi connectivity index (χ2v) is 3.79. The Bertz CT molecular complexity index is 200. The molecule has 0 aromatic rings. The number of aliphatic hydroxyl groups excluding tert-OH is 2. The molecule has 5 heteroatoms. The summed E-state index contributed by atoms with van der Waals surface area (Å²) in [4.78, 5) is 13.4. The second-order valence-electron chi connectivity index (χ2n) is 3.79. The van der Waals surface area contributed by atoms with Gasteiger partial charge in [-0.1, -0.05) is 0 Å². The zero-order valence-electron chi connectivity index (χ0n) is 9.06. The van der Waals surface area contributed by atoms with Gasteiger partial charge in [0, 0.05) is 20.2 Å². The van der Waals surface area contributed by atoms with Crippen LogP contribution in [-0.2, 0) is 9.53 Å². The highest BCUT2D eigenvalue weighted by atomic mass is 16.5. The molecule has 88 valence electrons. The van der Waals surface area contributed by atoms with Crippen LogP contribution in [0.5, 0.6) is 0 Å². The lowest BCUT2D eigenvalue weighted by Gasteiger charge is -2.30. The molecule has 2 N–H and O–H groups in total. The first kappa shape index (κ1) is 12.4. The van der Waals surface area contributed by atoms with E-state index in [4.69, 9.17) is 9.84 Å². The summed E-state index contributed by atoms with van der Waals surface area (Å²) in [6.07, 6.45) is 1.02. The average molecular weight is 217 g/mol. The van der Waals surface area contributed by atoms with Gasteiger partial charge < -0.3 is 19.8 Å². The first-order valence-corrected chi connectivity index (χ1v) is 5.31. The summed E-state index contributed by atoms with van der Waals surface area (Å²) in [6.45, 7) is 1.03. The molecule has 0 bridgehead atoms. The molecular weight excluding hydrogens is 198 g/mol. The number of rotatable bonds is 4. The first-order valence-electron chi connectivity index (χ1n) is 5.31. The number of hydrogen-bond acceptors (Lipinski definition) is 4. The minimum absolute atomic E-state index is 0.337. The van der Waals surface area contributed by atoms with Crippen LogP contribution in [0.25, 0.3) is 0 Å². The molecule has 5 nitrogen and oxygen atoms in total. The molecule has 0 aliphatic carbocycles. The Hall–Kier alpha value is -0.650. The molecule has 1 amide bonds. The molecule has 1 saturated heterocycles. The minimum atomic E-state index is -1.25. The molecule has 1 rings (SSSR count). The topological polar surface area (TPSA) is 70.0 Å². The molecule has 2 atom stereocenters. The predicted molar refractivity (Wildman–Crippen MR) is 54.3 cm³/mol. The summed E-state index contributed by atoms with van der Waals surface area (Å²) in [5.41, 5.74) is 0. The fraction of sp³-hybridized carbons (Fsp3) is 0.900. The summed E-state index contributed by atoms with van der Waals surface area (Å²) in [5.74, 6) is -0.337. The molecule has 0 radical (unpaired) electrons. The fourth-order valence-electron chi connectivity index (χ4n) is 1.76. The maximum absolute atomic E-state index is 11.7. The number of amides is 1. The fourth-order valence-corrected chi connectivity index (χ4v) is 1.76. The van der Waals surface area contributed by atoms with Crippen molar-refractivity contribution in [3.8, 4) is 0 Å². The SMILES string of the molecule is COC(CO)C(O)C(=O)N1CCCCC1. The van der Waals surface area contributed by atoms with Gasteiger partial charge in [-0.15, -0.1) is 0 Å². The average Bonchev–Trinajstić information content (AvgIpc) is 2.30. The van der Waals surface area contributed by atoms with Crippen LogP contribution in [0, 0.1) is 0 Å². The summed E-state index contributed by atoms with van der Waals surface area (Å²) in [5, 5.41) is 18.5. The molecule has 1 heterocycles. The number of methoxy groups -OCH3 is 1. The van der Waals surface area contributed by atoms with E-state index < -0.39 is 12.2 Å². The van der Waals surface area contributed by atoms with Crippen LogP contribution in [0.4, 0.5) is 0 Å². The molecule has 1 fully saturated rings. The summed E-state index contributed by atoms with van der Waals surface area (Å²) < 4.78 is 4.83. The van der Waals surface area contributed by atoms with Crippen molar-refractivity contribution in [1.29, 1.82) is 0 Å². The van der Waals surface area contributed by atoms with Crippen molar-refractivity contribution in [1.82, 2.24) is 4.90 Å². The van der Waals surface area contributed by atoms with Crippen LogP contribution in [0.15, 0.2) is 0 Å². The van der Waals surface area contributed by atoms with Crippen LogP contribution in [0.1, 0.15) is 19.3 Å². The third-order valence-electron chi connectivity index (χ3n) is 2.76. The van der Waals surface area contributed by atoms with E-state index in [0.717, 1.165) is 19.3 Å². The van der Waals surface area contributed by atoms with E-state index in [2.05, 4.69) is 0 Å². The van der Waals surface area contributed by atoms with Crippen molar-refractivity contribution in [3.63, 3.8) is 0 Å². The molecule has 0 aromatic heterocycles. The van der Waals surface area contributed by atoms with E-state index in [9.17, 15) is 9.90 Å². The van der Waals surface area contributed by atoms with Crippen LogP contribution >= 0.6 is 0 Å². The number of hydrogen-bond donors (Lipinski definition) is 2. The van der Waals surface area contributed by atoms with Gasteiger partial charge in [0.2, 0.25) is 0 Å². The van der Waals surface area contributed by atoms with Gasteiger partial charge in [-0.2, -0.15) is 0 Å². The monoisotopic (exact) mass is 217 g/mol. The summed E-state index contributed by atoms with van der Waals surface area (Å²) in [7, 11) is 1.37. The molecule has 2 unspecified atom stereocenters. The summed E-state index contributed by atoms with van der Waals surface area (Å²) >= 11 is 0. The highest BCUT2D eigenvalue weighted by Gasteiger charge is 2.30.